The lowest BCUT2D eigenvalue weighted by molar-refractivity contribution is 0.0599. The topological polar surface area (TPSA) is 83.0 Å². The number of tetrazole rings is 1. The van der Waals surface area contributed by atoms with E-state index in [1.165, 1.54) is 23.7 Å². The Kier molecular flexibility index (Phi) is 5.31. The quantitative estimate of drug-likeness (QED) is 0.471. The number of methoxy groups -OCH3 is 1. The number of aromatic nitrogens is 4. The molecule has 0 aliphatic carbocycles. The van der Waals surface area contributed by atoms with E-state index in [1.807, 2.05) is 6.07 Å². The molecule has 0 aromatic carbocycles. The van der Waals surface area contributed by atoms with Crippen LogP contribution in [0.2, 0.25) is 0 Å². The highest BCUT2D eigenvalue weighted by Crippen LogP contribution is 2.24. The van der Waals surface area contributed by atoms with E-state index < -0.39 is 5.97 Å². The summed E-state index contributed by atoms with van der Waals surface area (Å²) in [5.41, 5.74) is 0.449. The van der Waals surface area contributed by atoms with Crippen molar-refractivity contribution >= 4 is 29.1 Å². The number of hydrogen-bond donors (Lipinski definition) is 0. The van der Waals surface area contributed by atoms with E-state index in [0.29, 0.717) is 22.8 Å². The molecule has 3 heterocycles. The van der Waals surface area contributed by atoms with Crippen LogP contribution < -0.4 is 0 Å². The van der Waals surface area contributed by atoms with E-state index in [1.54, 1.807) is 29.0 Å². The molecule has 0 unspecified atom stereocenters. The Hall–Kier alpha value is -2.13. The first-order valence-electron chi connectivity index (χ1n) is 7.26. The number of rotatable bonds is 7. The zero-order valence-electron chi connectivity index (χ0n) is 13.3. The van der Waals surface area contributed by atoms with Crippen molar-refractivity contribution in [2.24, 2.45) is 0 Å². The van der Waals surface area contributed by atoms with Crippen molar-refractivity contribution in [2.45, 2.75) is 30.8 Å². The molecule has 9 heteroatoms. The molecule has 7 nitrogen and oxygen atoms in total. The Morgan fingerprint density at radius 2 is 2.38 bits per heavy atom. The minimum Gasteiger partial charge on any atom is -0.465 e. The van der Waals surface area contributed by atoms with Gasteiger partial charge in [-0.2, -0.15) is 0 Å². The zero-order chi connectivity index (χ0) is 16.9. The zero-order valence-corrected chi connectivity index (χ0v) is 14.9. The van der Waals surface area contributed by atoms with E-state index in [9.17, 15) is 4.79 Å². The normalized spacial score (nSPS) is 10.9. The first kappa shape index (κ1) is 16.7. The SMILES string of the molecule is COC(=O)c1cc(CSc2nnnn2CCc2cccs2)oc1C. The average Bonchev–Trinajstić information content (AvgIpc) is 3.31. The fourth-order valence-corrected chi connectivity index (χ4v) is 3.66. The Labute approximate surface area is 147 Å². The van der Waals surface area contributed by atoms with Crippen LogP contribution >= 0.6 is 23.1 Å². The molecule has 0 atom stereocenters. The lowest BCUT2D eigenvalue weighted by Gasteiger charge is -2.02. The standard InChI is InChI=1S/C15H16N4O3S2/c1-10-13(14(20)21-2)8-11(22-10)9-24-15-16-17-18-19(15)6-5-12-4-3-7-23-12/h3-4,7-8H,5-6,9H2,1-2H3. The van der Waals surface area contributed by atoms with Crippen molar-refractivity contribution in [3.63, 3.8) is 0 Å². The monoisotopic (exact) mass is 364 g/mol. The van der Waals surface area contributed by atoms with Gasteiger partial charge in [0.15, 0.2) is 0 Å². The summed E-state index contributed by atoms with van der Waals surface area (Å²) < 4.78 is 12.1. The molecule has 0 radical (unpaired) electrons. The molecule has 0 spiro atoms. The van der Waals surface area contributed by atoms with E-state index in [4.69, 9.17) is 9.15 Å². The van der Waals surface area contributed by atoms with Gasteiger partial charge in [-0.05, 0) is 34.9 Å². The molecule has 126 valence electrons. The van der Waals surface area contributed by atoms with Crippen LogP contribution in [-0.4, -0.2) is 33.3 Å². The van der Waals surface area contributed by atoms with Crippen LogP contribution in [0.3, 0.4) is 0 Å². The highest BCUT2D eigenvalue weighted by Gasteiger charge is 2.16. The van der Waals surface area contributed by atoms with Crippen LogP contribution in [-0.2, 0) is 23.5 Å². The van der Waals surface area contributed by atoms with Crippen LogP contribution in [0.5, 0.6) is 0 Å². The molecule has 24 heavy (non-hydrogen) atoms. The molecule has 0 bridgehead atoms. The number of nitrogens with zero attached hydrogens (tertiary/aromatic N) is 4. The first-order chi connectivity index (χ1) is 11.7. The van der Waals surface area contributed by atoms with Gasteiger partial charge in [0.1, 0.15) is 17.1 Å². The predicted molar refractivity (Wildman–Crippen MR) is 90.2 cm³/mol. The third-order valence-electron chi connectivity index (χ3n) is 3.37. The average molecular weight is 364 g/mol. The fraction of sp³-hybridized carbons (Fsp3) is 0.333. The van der Waals surface area contributed by atoms with Crippen molar-refractivity contribution in [3.05, 3.63) is 45.5 Å². The number of thiophene rings is 1. The molecule has 3 aromatic rings. The predicted octanol–water partition coefficient (Wildman–Crippen LogP) is 2.96. The molecule has 0 N–H and O–H groups in total. The number of thioether (sulfide) groups is 1. The van der Waals surface area contributed by atoms with E-state index in [2.05, 4.69) is 27.0 Å². The van der Waals surface area contributed by atoms with Gasteiger partial charge >= 0.3 is 5.97 Å². The van der Waals surface area contributed by atoms with E-state index >= 15 is 0 Å². The van der Waals surface area contributed by atoms with Gasteiger partial charge in [0.2, 0.25) is 5.16 Å². The minimum atomic E-state index is -0.395. The van der Waals surface area contributed by atoms with Crippen LogP contribution in [0.25, 0.3) is 0 Å². The second-order valence-electron chi connectivity index (χ2n) is 4.98. The largest absolute Gasteiger partial charge is 0.465 e. The Bertz CT molecular complexity index is 811. The number of carbonyl (C=O) groups is 1. The maximum Gasteiger partial charge on any atom is 0.341 e. The number of esters is 1. The van der Waals surface area contributed by atoms with Crippen molar-refractivity contribution in [1.82, 2.24) is 20.2 Å². The molecule has 0 amide bonds. The molecule has 0 aliphatic heterocycles. The summed E-state index contributed by atoms with van der Waals surface area (Å²) in [6.07, 6.45) is 0.891. The maximum atomic E-state index is 11.6. The van der Waals surface area contributed by atoms with Crippen LogP contribution in [0.4, 0.5) is 0 Å². The lowest BCUT2D eigenvalue weighted by Crippen LogP contribution is -2.04. The molecule has 3 aromatic heterocycles. The van der Waals surface area contributed by atoms with Gasteiger partial charge in [0.05, 0.1) is 19.4 Å². The van der Waals surface area contributed by atoms with Gasteiger partial charge in [-0.1, -0.05) is 17.8 Å². The van der Waals surface area contributed by atoms with Crippen molar-refractivity contribution < 1.29 is 13.9 Å². The summed E-state index contributed by atoms with van der Waals surface area (Å²) in [4.78, 5) is 12.9. The summed E-state index contributed by atoms with van der Waals surface area (Å²) in [6, 6.07) is 5.84. The molecule has 0 saturated carbocycles. The summed E-state index contributed by atoms with van der Waals surface area (Å²) >= 11 is 3.19. The Morgan fingerprint density at radius 3 is 3.12 bits per heavy atom. The number of furan rings is 1. The van der Waals surface area contributed by atoms with E-state index in [0.717, 1.165) is 18.1 Å². The van der Waals surface area contributed by atoms with Crippen LogP contribution in [0.15, 0.2) is 33.2 Å². The van der Waals surface area contributed by atoms with Gasteiger partial charge in [-0.25, -0.2) is 9.48 Å². The van der Waals surface area contributed by atoms with Crippen molar-refractivity contribution in [1.29, 1.82) is 0 Å². The first-order valence-corrected chi connectivity index (χ1v) is 9.13. The summed E-state index contributed by atoms with van der Waals surface area (Å²) in [5, 5.41) is 14.6. The van der Waals surface area contributed by atoms with Crippen LogP contribution in [0, 0.1) is 6.92 Å². The molecule has 0 aliphatic rings. The second kappa shape index (κ2) is 7.63. The number of aryl methyl sites for hydroxylation is 3. The molecule has 0 saturated heterocycles. The highest BCUT2D eigenvalue weighted by molar-refractivity contribution is 7.98. The number of carbonyl (C=O) groups excluding carboxylic acids is 1. The smallest absolute Gasteiger partial charge is 0.341 e. The van der Waals surface area contributed by atoms with Gasteiger partial charge in [0, 0.05) is 11.3 Å². The third-order valence-corrected chi connectivity index (χ3v) is 5.28. The highest BCUT2D eigenvalue weighted by atomic mass is 32.2. The molecule has 0 fully saturated rings. The van der Waals surface area contributed by atoms with E-state index in [-0.39, 0.29) is 0 Å². The third kappa shape index (κ3) is 3.85. The van der Waals surface area contributed by atoms with Crippen LogP contribution in [0.1, 0.15) is 26.8 Å². The summed E-state index contributed by atoms with van der Waals surface area (Å²) in [6.45, 7) is 2.46. The Balaban J connectivity index is 1.61. The number of ether oxygens (including phenoxy) is 1. The summed E-state index contributed by atoms with van der Waals surface area (Å²) in [5.74, 6) is 1.38. The molecular formula is C15H16N4O3S2. The molecule has 3 rings (SSSR count). The van der Waals surface area contributed by atoms with Gasteiger partial charge in [0.25, 0.3) is 0 Å². The summed E-state index contributed by atoms with van der Waals surface area (Å²) in [7, 11) is 1.35. The number of hydrogen-bond acceptors (Lipinski definition) is 8. The van der Waals surface area contributed by atoms with Gasteiger partial charge < -0.3 is 9.15 Å². The van der Waals surface area contributed by atoms with Gasteiger partial charge in [-0.15, -0.1) is 16.4 Å². The Morgan fingerprint density at radius 1 is 1.50 bits per heavy atom. The molecular weight excluding hydrogens is 348 g/mol. The second-order valence-corrected chi connectivity index (χ2v) is 6.95. The maximum absolute atomic E-state index is 11.6. The van der Waals surface area contributed by atoms with Crippen molar-refractivity contribution in [3.8, 4) is 0 Å². The minimum absolute atomic E-state index is 0.395. The van der Waals surface area contributed by atoms with Gasteiger partial charge in [-0.3, -0.25) is 0 Å². The lowest BCUT2D eigenvalue weighted by atomic mass is 10.2. The fourth-order valence-electron chi connectivity index (χ4n) is 2.17. The van der Waals surface area contributed by atoms with Crippen molar-refractivity contribution in [2.75, 3.05) is 7.11 Å².